The standard InChI is InChI=1S/C16H15BrClNO4S/c17-12-3-1-2-4-15(12)24(20,21)19-6-5-11-9-13(18)16-14(10-11)22-7-8-23-16/h1-4,9-10,19H,5-8H2. The summed E-state index contributed by atoms with van der Waals surface area (Å²) < 4.78 is 38.8. The third-order valence-corrected chi connectivity index (χ3v) is 6.24. The lowest BCUT2D eigenvalue weighted by atomic mass is 10.1. The van der Waals surface area contributed by atoms with E-state index in [1.807, 2.05) is 6.07 Å². The van der Waals surface area contributed by atoms with Crippen LogP contribution in [-0.2, 0) is 16.4 Å². The molecule has 3 rings (SSSR count). The zero-order valence-electron chi connectivity index (χ0n) is 12.6. The fraction of sp³-hybridized carbons (Fsp3) is 0.250. The number of hydrogen-bond acceptors (Lipinski definition) is 4. The lowest BCUT2D eigenvalue weighted by Gasteiger charge is -2.20. The summed E-state index contributed by atoms with van der Waals surface area (Å²) in [6.45, 7) is 1.19. The van der Waals surface area contributed by atoms with Crippen molar-refractivity contribution >= 4 is 37.6 Å². The quantitative estimate of drug-likeness (QED) is 0.786. The average Bonchev–Trinajstić information content (AvgIpc) is 2.55. The minimum absolute atomic E-state index is 0.213. The molecule has 128 valence electrons. The Balaban J connectivity index is 1.69. The zero-order chi connectivity index (χ0) is 17.2. The molecule has 0 fully saturated rings. The number of sulfonamides is 1. The second-order valence-corrected chi connectivity index (χ2v) is 8.18. The first-order valence-corrected chi connectivity index (χ1v) is 9.95. The largest absolute Gasteiger partial charge is 0.486 e. The number of benzene rings is 2. The molecule has 0 radical (unpaired) electrons. The Morgan fingerprint density at radius 3 is 2.71 bits per heavy atom. The molecule has 0 saturated carbocycles. The van der Waals surface area contributed by atoms with Crippen LogP contribution in [0.4, 0.5) is 0 Å². The maximum atomic E-state index is 12.3. The summed E-state index contributed by atoms with van der Waals surface area (Å²) in [4.78, 5) is 0.213. The molecule has 2 aromatic carbocycles. The van der Waals surface area contributed by atoms with Gasteiger partial charge < -0.3 is 9.47 Å². The summed E-state index contributed by atoms with van der Waals surface area (Å²) in [5, 5.41) is 0.468. The van der Waals surface area contributed by atoms with E-state index in [1.165, 1.54) is 0 Å². The molecule has 0 atom stereocenters. The van der Waals surface area contributed by atoms with E-state index in [0.29, 0.717) is 40.6 Å². The number of fused-ring (bicyclic) bond motifs is 1. The van der Waals surface area contributed by atoms with Crippen molar-refractivity contribution in [2.24, 2.45) is 0 Å². The lowest BCUT2D eigenvalue weighted by molar-refractivity contribution is 0.171. The number of hydrogen-bond donors (Lipinski definition) is 1. The fourth-order valence-corrected chi connectivity index (χ4v) is 4.70. The maximum Gasteiger partial charge on any atom is 0.241 e. The van der Waals surface area contributed by atoms with Gasteiger partial charge in [-0.15, -0.1) is 0 Å². The highest BCUT2D eigenvalue weighted by atomic mass is 79.9. The van der Waals surface area contributed by atoms with Gasteiger partial charge in [-0.2, -0.15) is 0 Å². The van der Waals surface area contributed by atoms with Crippen molar-refractivity contribution in [3.8, 4) is 11.5 Å². The Morgan fingerprint density at radius 1 is 1.17 bits per heavy atom. The fourth-order valence-electron chi connectivity index (χ4n) is 2.38. The molecule has 0 bridgehead atoms. The Kier molecular flexibility index (Phi) is 5.34. The molecule has 0 spiro atoms. The Morgan fingerprint density at radius 2 is 1.92 bits per heavy atom. The third kappa shape index (κ3) is 3.85. The highest BCUT2D eigenvalue weighted by Crippen LogP contribution is 2.38. The van der Waals surface area contributed by atoms with Gasteiger partial charge in [-0.05, 0) is 52.2 Å². The smallest absolute Gasteiger partial charge is 0.241 e. The van der Waals surface area contributed by atoms with Crippen LogP contribution >= 0.6 is 27.5 Å². The molecule has 0 saturated heterocycles. The van der Waals surface area contributed by atoms with Gasteiger partial charge in [-0.1, -0.05) is 23.7 Å². The van der Waals surface area contributed by atoms with Crippen LogP contribution in [0.25, 0.3) is 0 Å². The average molecular weight is 433 g/mol. The van der Waals surface area contributed by atoms with Crippen LogP contribution in [-0.4, -0.2) is 28.2 Å². The predicted molar refractivity (Wildman–Crippen MR) is 95.5 cm³/mol. The molecule has 1 aliphatic rings. The summed E-state index contributed by atoms with van der Waals surface area (Å²) in [6.07, 6.45) is 0.486. The molecule has 24 heavy (non-hydrogen) atoms. The number of nitrogens with one attached hydrogen (secondary N) is 1. The van der Waals surface area contributed by atoms with Gasteiger partial charge in [0.25, 0.3) is 0 Å². The number of ether oxygens (including phenoxy) is 2. The summed E-state index contributed by atoms with van der Waals surface area (Å²) in [7, 11) is -3.57. The van der Waals surface area contributed by atoms with E-state index in [-0.39, 0.29) is 11.4 Å². The van der Waals surface area contributed by atoms with Crippen LogP contribution in [0.2, 0.25) is 5.02 Å². The molecule has 0 amide bonds. The summed E-state index contributed by atoms with van der Waals surface area (Å²) in [5.41, 5.74) is 0.874. The van der Waals surface area contributed by atoms with Gasteiger partial charge in [0.05, 0.1) is 9.92 Å². The Labute approximate surface area is 154 Å². The first-order chi connectivity index (χ1) is 11.5. The second-order valence-electron chi connectivity index (χ2n) is 5.18. The van der Waals surface area contributed by atoms with Gasteiger partial charge in [0, 0.05) is 11.0 Å². The topological polar surface area (TPSA) is 64.6 Å². The molecule has 0 unspecified atom stereocenters. The van der Waals surface area contributed by atoms with Crippen molar-refractivity contribution in [1.29, 1.82) is 0 Å². The van der Waals surface area contributed by atoms with Crippen LogP contribution in [0.3, 0.4) is 0 Å². The monoisotopic (exact) mass is 431 g/mol. The van der Waals surface area contributed by atoms with Crippen molar-refractivity contribution in [2.45, 2.75) is 11.3 Å². The normalized spacial score (nSPS) is 13.8. The Bertz CT molecular complexity index is 857. The molecular formula is C16H15BrClNO4S. The summed E-state index contributed by atoms with van der Waals surface area (Å²) in [6, 6.07) is 10.3. The van der Waals surface area contributed by atoms with E-state index >= 15 is 0 Å². The van der Waals surface area contributed by atoms with Gasteiger partial charge >= 0.3 is 0 Å². The minimum Gasteiger partial charge on any atom is -0.486 e. The van der Waals surface area contributed by atoms with Crippen molar-refractivity contribution < 1.29 is 17.9 Å². The van der Waals surface area contributed by atoms with Crippen molar-refractivity contribution in [2.75, 3.05) is 19.8 Å². The second kappa shape index (κ2) is 7.31. The molecular weight excluding hydrogens is 418 g/mol. The van der Waals surface area contributed by atoms with Gasteiger partial charge in [0.2, 0.25) is 10.0 Å². The van der Waals surface area contributed by atoms with E-state index < -0.39 is 10.0 Å². The minimum atomic E-state index is -3.57. The van der Waals surface area contributed by atoms with E-state index in [2.05, 4.69) is 20.7 Å². The number of rotatable bonds is 5. The van der Waals surface area contributed by atoms with E-state index in [4.69, 9.17) is 21.1 Å². The first kappa shape index (κ1) is 17.5. The summed E-state index contributed by atoms with van der Waals surface area (Å²) >= 11 is 9.44. The molecule has 1 N–H and O–H groups in total. The van der Waals surface area contributed by atoms with Crippen LogP contribution in [0.5, 0.6) is 11.5 Å². The van der Waals surface area contributed by atoms with Crippen LogP contribution in [0.15, 0.2) is 45.8 Å². The summed E-state index contributed by atoms with van der Waals surface area (Å²) in [5.74, 6) is 1.14. The molecule has 0 aliphatic carbocycles. The van der Waals surface area contributed by atoms with E-state index in [1.54, 1.807) is 30.3 Å². The Hall–Kier alpha value is -1.28. The van der Waals surface area contributed by atoms with E-state index in [0.717, 1.165) is 5.56 Å². The third-order valence-electron chi connectivity index (χ3n) is 3.49. The van der Waals surface area contributed by atoms with Crippen molar-refractivity contribution in [3.05, 3.63) is 51.5 Å². The van der Waals surface area contributed by atoms with Crippen molar-refractivity contribution in [1.82, 2.24) is 4.72 Å². The van der Waals surface area contributed by atoms with Crippen LogP contribution in [0.1, 0.15) is 5.56 Å². The van der Waals surface area contributed by atoms with Gasteiger partial charge in [-0.3, -0.25) is 0 Å². The molecule has 5 nitrogen and oxygen atoms in total. The van der Waals surface area contributed by atoms with Crippen molar-refractivity contribution in [3.63, 3.8) is 0 Å². The van der Waals surface area contributed by atoms with Gasteiger partial charge in [0.1, 0.15) is 13.2 Å². The lowest BCUT2D eigenvalue weighted by Crippen LogP contribution is -2.26. The first-order valence-electron chi connectivity index (χ1n) is 7.29. The predicted octanol–water partition coefficient (Wildman–Crippen LogP) is 3.39. The van der Waals surface area contributed by atoms with Crippen LogP contribution in [0, 0.1) is 0 Å². The molecule has 1 aliphatic heterocycles. The molecule has 0 aromatic heterocycles. The zero-order valence-corrected chi connectivity index (χ0v) is 15.7. The van der Waals surface area contributed by atoms with Crippen LogP contribution < -0.4 is 14.2 Å². The highest BCUT2D eigenvalue weighted by molar-refractivity contribution is 9.10. The highest BCUT2D eigenvalue weighted by Gasteiger charge is 2.18. The van der Waals surface area contributed by atoms with Gasteiger partial charge in [-0.25, -0.2) is 13.1 Å². The SMILES string of the molecule is O=S(=O)(NCCc1cc(Cl)c2c(c1)OCCO2)c1ccccc1Br. The van der Waals surface area contributed by atoms with E-state index in [9.17, 15) is 8.42 Å². The molecule has 2 aromatic rings. The number of halogens is 2. The molecule has 1 heterocycles. The maximum absolute atomic E-state index is 12.3. The molecule has 8 heteroatoms. The van der Waals surface area contributed by atoms with Gasteiger partial charge in [0.15, 0.2) is 11.5 Å².